The number of rotatable bonds is 3. The van der Waals surface area contributed by atoms with Crippen molar-refractivity contribution in [1.29, 1.82) is 0 Å². The van der Waals surface area contributed by atoms with Crippen LogP contribution < -0.4 is 10.6 Å². The zero-order chi connectivity index (χ0) is 7.98. The van der Waals surface area contributed by atoms with Crippen LogP contribution in [0.5, 0.6) is 0 Å². The molecule has 0 aromatic carbocycles. The van der Waals surface area contributed by atoms with E-state index < -0.39 is 0 Å². The van der Waals surface area contributed by atoms with Gasteiger partial charge in [0.25, 0.3) is 0 Å². The lowest BCUT2D eigenvalue weighted by atomic mass is 10.5. The Morgan fingerprint density at radius 3 is 1.50 bits per heavy atom. The predicted molar refractivity (Wildman–Crippen MR) is 52.5 cm³/mol. The fourth-order valence-corrected chi connectivity index (χ4v) is 0.681. The Hall–Kier alpha value is -0.220. The molecule has 0 unspecified atom stereocenters. The van der Waals surface area contributed by atoms with E-state index in [1.807, 2.05) is 13.8 Å². The van der Waals surface area contributed by atoms with E-state index in [0.717, 1.165) is 23.1 Å². The first-order valence-electron chi connectivity index (χ1n) is 3.12. The van der Waals surface area contributed by atoms with Gasteiger partial charge < -0.3 is 10.6 Å². The summed E-state index contributed by atoms with van der Waals surface area (Å²) in [5.74, 6) is 0. The largest absolute Gasteiger partial charge is 0.378 e. The minimum atomic E-state index is 0.823. The molecular formula is C6H12N2S2. The fraction of sp³-hybridized carbons (Fsp3) is 0.667. The molecule has 0 bridgehead atoms. The van der Waals surface area contributed by atoms with Crippen molar-refractivity contribution in [3.05, 3.63) is 0 Å². The minimum Gasteiger partial charge on any atom is -0.378 e. The molecule has 0 aliphatic rings. The molecule has 0 amide bonds. The van der Waals surface area contributed by atoms with Gasteiger partial charge in [-0.25, -0.2) is 0 Å². The molecule has 2 N–H and O–H groups in total. The van der Waals surface area contributed by atoms with Crippen molar-refractivity contribution in [3.8, 4) is 0 Å². The van der Waals surface area contributed by atoms with Crippen molar-refractivity contribution in [2.75, 3.05) is 13.1 Å². The zero-order valence-electron chi connectivity index (χ0n) is 6.23. The number of hydrogen-bond acceptors (Lipinski definition) is 2. The second-order valence-electron chi connectivity index (χ2n) is 1.97. The van der Waals surface area contributed by atoms with Crippen LogP contribution in [-0.4, -0.2) is 23.1 Å². The Kier molecular flexibility index (Phi) is 5.43. The van der Waals surface area contributed by atoms with Crippen molar-refractivity contribution in [1.82, 2.24) is 10.6 Å². The van der Waals surface area contributed by atoms with Crippen LogP contribution >= 0.6 is 24.4 Å². The summed E-state index contributed by atoms with van der Waals surface area (Å²) < 4.78 is 0. The highest BCUT2D eigenvalue weighted by molar-refractivity contribution is 7.80. The summed E-state index contributed by atoms with van der Waals surface area (Å²) in [5.41, 5.74) is 0. The van der Waals surface area contributed by atoms with Gasteiger partial charge in [0.15, 0.2) is 0 Å². The molecule has 58 valence electrons. The van der Waals surface area contributed by atoms with Gasteiger partial charge >= 0.3 is 0 Å². The molecule has 0 atom stereocenters. The fourth-order valence-electron chi connectivity index (χ4n) is 0.477. The van der Waals surface area contributed by atoms with E-state index in [1.165, 1.54) is 0 Å². The Bertz CT molecular complexity index is 118. The van der Waals surface area contributed by atoms with E-state index in [-0.39, 0.29) is 0 Å². The molecule has 10 heavy (non-hydrogen) atoms. The molecular weight excluding hydrogens is 164 g/mol. The highest BCUT2D eigenvalue weighted by Gasteiger charge is 1.86. The van der Waals surface area contributed by atoms with Crippen molar-refractivity contribution in [3.63, 3.8) is 0 Å². The second-order valence-corrected chi connectivity index (χ2v) is 3.19. The molecule has 0 spiro atoms. The molecule has 0 saturated carbocycles. The van der Waals surface area contributed by atoms with Crippen molar-refractivity contribution >= 4 is 34.4 Å². The molecule has 4 heteroatoms. The standard InChI is InChI=1S/C6H12N2S2/c1-5(9)7-3-4-8-6(2)10/h3-4H2,1-2H3,(H,7,9)(H,8,10). The van der Waals surface area contributed by atoms with Crippen LogP contribution in [0.15, 0.2) is 0 Å². The number of thiocarbonyl (C=S) groups is 2. The molecule has 0 rings (SSSR count). The monoisotopic (exact) mass is 176 g/mol. The van der Waals surface area contributed by atoms with Crippen molar-refractivity contribution < 1.29 is 0 Å². The normalized spacial score (nSPS) is 8.60. The van der Waals surface area contributed by atoms with Crippen LogP contribution in [0.2, 0.25) is 0 Å². The maximum absolute atomic E-state index is 4.80. The SMILES string of the molecule is CC(=S)NCCNC(C)=S. The Morgan fingerprint density at radius 2 is 1.30 bits per heavy atom. The molecule has 0 aliphatic heterocycles. The quantitative estimate of drug-likeness (QED) is 0.492. The predicted octanol–water partition coefficient (Wildman–Crippen LogP) is 0.860. The number of hydrogen-bond donors (Lipinski definition) is 2. The lowest BCUT2D eigenvalue weighted by Crippen LogP contribution is -2.31. The molecule has 2 nitrogen and oxygen atoms in total. The Labute approximate surface area is 72.4 Å². The van der Waals surface area contributed by atoms with E-state index in [1.54, 1.807) is 0 Å². The molecule has 0 saturated heterocycles. The smallest absolute Gasteiger partial charge is 0.0722 e. The average Bonchev–Trinajstić information content (AvgIpc) is 1.79. The van der Waals surface area contributed by atoms with E-state index in [4.69, 9.17) is 24.4 Å². The minimum absolute atomic E-state index is 0.823. The Morgan fingerprint density at radius 1 is 1.00 bits per heavy atom. The highest BCUT2D eigenvalue weighted by Crippen LogP contribution is 1.68. The van der Waals surface area contributed by atoms with Crippen LogP contribution in [0, 0.1) is 0 Å². The maximum atomic E-state index is 4.80. The van der Waals surface area contributed by atoms with Gasteiger partial charge in [0, 0.05) is 13.1 Å². The van der Waals surface area contributed by atoms with Gasteiger partial charge in [-0.15, -0.1) is 0 Å². The van der Waals surface area contributed by atoms with Gasteiger partial charge in [0.05, 0.1) is 9.98 Å². The maximum Gasteiger partial charge on any atom is 0.0722 e. The van der Waals surface area contributed by atoms with Crippen LogP contribution in [0.1, 0.15) is 13.8 Å². The summed E-state index contributed by atoms with van der Waals surface area (Å²) in [5, 5.41) is 6.02. The van der Waals surface area contributed by atoms with Gasteiger partial charge in [0.2, 0.25) is 0 Å². The van der Waals surface area contributed by atoms with Crippen LogP contribution in [-0.2, 0) is 0 Å². The third-order valence-corrected chi connectivity index (χ3v) is 1.16. The van der Waals surface area contributed by atoms with Gasteiger partial charge in [0.1, 0.15) is 0 Å². The summed E-state index contributed by atoms with van der Waals surface area (Å²) >= 11 is 9.61. The van der Waals surface area contributed by atoms with Crippen LogP contribution in [0.3, 0.4) is 0 Å². The van der Waals surface area contributed by atoms with Crippen molar-refractivity contribution in [2.24, 2.45) is 0 Å². The first-order valence-corrected chi connectivity index (χ1v) is 3.93. The summed E-state index contributed by atoms with van der Waals surface area (Å²) in [6.07, 6.45) is 0. The second kappa shape index (κ2) is 5.56. The lowest BCUT2D eigenvalue weighted by Gasteiger charge is -2.04. The summed E-state index contributed by atoms with van der Waals surface area (Å²) in [6, 6.07) is 0. The summed E-state index contributed by atoms with van der Waals surface area (Å²) in [6.45, 7) is 5.39. The van der Waals surface area contributed by atoms with Crippen molar-refractivity contribution in [2.45, 2.75) is 13.8 Å². The summed E-state index contributed by atoms with van der Waals surface area (Å²) in [7, 11) is 0. The summed E-state index contributed by atoms with van der Waals surface area (Å²) in [4.78, 5) is 1.65. The average molecular weight is 176 g/mol. The molecule has 0 heterocycles. The van der Waals surface area contributed by atoms with Gasteiger partial charge in [-0.05, 0) is 13.8 Å². The Balaban J connectivity index is 3.06. The van der Waals surface area contributed by atoms with Gasteiger partial charge in [-0.2, -0.15) is 0 Å². The van der Waals surface area contributed by atoms with Crippen LogP contribution in [0.4, 0.5) is 0 Å². The van der Waals surface area contributed by atoms with E-state index in [0.29, 0.717) is 0 Å². The third-order valence-electron chi connectivity index (χ3n) is 0.873. The molecule has 0 fully saturated rings. The van der Waals surface area contributed by atoms with E-state index in [9.17, 15) is 0 Å². The lowest BCUT2D eigenvalue weighted by molar-refractivity contribution is 0.819. The molecule has 0 aromatic heterocycles. The topological polar surface area (TPSA) is 24.1 Å². The highest BCUT2D eigenvalue weighted by atomic mass is 32.1. The zero-order valence-corrected chi connectivity index (χ0v) is 7.86. The third kappa shape index (κ3) is 7.78. The molecule has 0 radical (unpaired) electrons. The first kappa shape index (κ1) is 9.78. The molecule has 0 aliphatic carbocycles. The van der Waals surface area contributed by atoms with E-state index >= 15 is 0 Å². The number of nitrogens with one attached hydrogen (secondary N) is 2. The van der Waals surface area contributed by atoms with E-state index in [2.05, 4.69) is 10.6 Å². The molecule has 0 aromatic rings. The van der Waals surface area contributed by atoms with Gasteiger partial charge in [-0.3, -0.25) is 0 Å². The van der Waals surface area contributed by atoms with Gasteiger partial charge in [-0.1, -0.05) is 24.4 Å². The van der Waals surface area contributed by atoms with Crippen LogP contribution in [0.25, 0.3) is 0 Å². The first-order chi connectivity index (χ1) is 4.63.